The smallest absolute Gasteiger partial charge is 0.219 e. The number of halogens is 1. The van der Waals surface area contributed by atoms with Crippen LogP contribution >= 0.6 is 10.8 Å². The van der Waals surface area contributed by atoms with Crippen molar-refractivity contribution in [1.82, 2.24) is 9.21 Å². The standard InChI is InChI=1S/C25H33FN2O4S/c1-18-8-11-24(20-6-4-3-5-7-20)33(31,32)28(18)17-21-9-10-22(16-23(21)26)25(30)12-14-27(15-13-25)19(2)29/h3-7,9-10,16,18,24,30-32H,8,11-15,17H2,1-2H3/t18-,24+/m0/s1. The third-order valence-electron chi connectivity index (χ3n) is 7.19. The number of amides is 1. The zero-order valence-corrected chi connectivity index (χ0v) is 20.0. The Morgan fingerprint density at radius 2 is 1.79 bits per heavy atom. The summed E-state index contributed by atoms with van der Waals surface area (Å²) < 4.78 is 39.2. The van der Waals surface area contributed by atoms with E-state index in [-0.39, 0.29) is 18.5 Å². The molecule has 2 aromatic carbocycles. The van der Waals surface area contributed by atoms with Gasteiger partial charge in [0.05, 0.1) is 10.9 Å². The Morgan fingerprint density at radius 3 is 2.39 bits per heavy atom. The minimum Gasteiger partial charge on any atom is -0.385 e. The van der Waals surface area contributed by atoms with Crippen LogP contribution in [0.3, 0.4) is 0 Å². The van der Waals surface area contributed by atoms with E-state index in [0.29, 0.717) is 43.5 Å². The van der Waals surface area contributed by atoms with E-state index in [1.807, 2.05) is 37.3 Å². The molecule has 180 valence electrons. The molecule has 8 heteroatoms. The molecule has 0 radical (unpaired) electrons. The maximum atomic E-state index is 15.2. The molecule has 0 saturated carbocycles. The fourth-order valence-corrected chi connectivity index (χ4v) is 7.27. The Morgan fingerprint density at radius 1 is 1.12 bits per heavy atom. The number of rotatable bonds is 4. The normalized spacial score (nSPS) is 26.1. The van der Waals surface area contributed by atoms with Crippen LogP contribution in [0.2, 0.25) is 0 Å². The summed E-state index contributed by atoms with van der Waals surface area (Å²) in [5.41, 5.74) is 0.561. The van der Waals surface area contributed by atoms with E-state index in [1.54, 1.807) is 21.3 Å². The molecule has 2 fully saturated rings. The largest absolute Gasteiger partial charge is 0.385 e. The number of piperidine rings is 1. The maximum Gasteiger partial charge on any atom is 0.219 e. The first-order valence-corrected chi connectivity index (χ1v) is 13.0. The van der Waals surface area contributed by atoms with Gasteiger partial charge in [-0.05, 0) is 49.8 Å². The van der Waals surface area contributed by atoms with Gasteiger partial charge in [-0.3, -0.25) is 13.9 Å². The summed E-state index contributed by atoms with van der Waals surface area (Å²) in [6, 6.07) is 14.1. The van der Waals surface area contributed by atoms with Gasteiger partial charge in [-0.1, -0.05) is 42.5 Å². The number of hydrogen-bond acceptors (Lipinski definition) is 5. The zero-order chi connectivity index (χ0) is 23.8. The van der Waals surface area contributed by atoms with E-state index >= 15 is 4.39 Å². The number of aliphatic hydroxyl groups is 1. The summed E-state index contributed by atoms with van der Waals surface area (Å²) >= 11 is 0. The van der Waals surface area contributed by atoms with Crippen molar-refractivity contribution < 1.29 is 23.4 Å². The summed E-state index contributed by atoms with van der Waals surface area (Å²) in [6.07, 6.45) is 2.15. The second kappa shape index (κ2) is 9.35. The molecule has 6 nitrogen and oxygen atoms in total. The number of hydrogen-bond donors (Lipinski definition) is 3. The number of carbonyl (C=O) groups excluding carboxylic acids is 1. The lowest BCUT2D eigenvalue weighted by atomic mass is 9.84. The molecular weight excluding hydrogens is 443 g/mol. The van der Waals surface area contributed by atoms with E-state index in [0.717, 1.165) is 12.0 Å². The third-order valence-corrected chi connectivity index (χ3v) is 9.64. The Hall–Kier alpha value is -1.97. The van der Waals surface area contributed by atoms with Crippen molar-refractivity contribution in [2.75, 3.05) is 13.1 Å². The fourth-order valence-electron chi connectivity index (χ4n) is 5.00. The molecule has 3 N–H and O–H groups in total. The molecule has 0 aromatic heterocycles. The molecule has 2 aliphatic rings. The van der Waals surface area contributed by atoms with Crippen LogP contribution in [0.25, 0.3) is 0 Å². The van der Waals surface area contributed by atoms with E-state index < -0.39 is 27.4 Å². The predicted octanol–water partition coefficient (Wildman–Crippen LogP) is 5.05. The molecule has 0 unspecified atom stereocenters. The molecule has 2 heterocycles. The molecule has 33 heavy (non-hydrogen) atoms. The second-order valence-corrected chi connectivity index (χ2v) is 11.5. The van der Waals surface area contributed by atoms with Crippen LogP contribution in [0, 0.1) is 5.82 Å². The molecule has 4 rings (SSSR count). The van der Waals surface area contributed by atoms with Gasteiger partial charge in [0.15, 0.2) is 0 Å². The lowest BCUT2D eigenvalue weighted by molar-refractivity contribution is -0.133. The number of carbonyl (C=O) groups is 1. The Kier molecular flexibility index (Phi) is 6.85. The number of likely N-dealkylation sites (tertiary alicyclic amines) is 1. The van der Waals surface area contributed by atoms with Gasteiger partial charge in [-0.15, -0.1) is 10.8 Å². The molecule has 1 amide bonds. The van der Waals surface area contributed by atoms with Crippen LogP contribution < -0.4 is 0 Å². The predicted molar refractivity (Wildman–Crippen MR) is 128 cm³/mol. The van der Waals surface area contributed by atoms with Crippen molar-refractivity contribution in [3.8, 4) is 0 Å². The SMILES string of the molecule is CC(=O)N1CCC(O)(c2ccc(CN3[C@@H](C)CC[C@H](c4ccccc4)S3(O)O)c(F)c2)CC1. The minimum absolute atomic E-state index is 0.0259. The van der Waals surface area contributed by atoms with Crippen LogP contribution in [0.15, 0.2) is 48.5 Å². The fraction of sp³-hybridized carbons (Fsp3) is 0.480. The van der Waals surface area contributed by atoms with Crippen LogP contribution in [0.1, 0.15) is 61.5 Å². The molecular formula is C25H33FN2O4S. The third kappa shape index (κ3) is 4.81. The van der Waals surface area contributed by atoms with Gasteiger partial charge in [0.1, 0.15) is 5.82 Å². The highest BCUT2D eigenvalue weighted by Crippen LogP contribution is 2.63. The van der Waals surface area contributed by atoms with Crippen LogP contribution in [-0.2, 0) is 16.9 Å². The van der Waals surface area contributed by atoms with Crippen molar-refractivity contribution in [1.29, 1.82) is 0 Å². The van der Waals surface area contributed by atoms with Gasteiger partial charge in [0.2, 0.25) is 5.91 Å². The summed E-state index contributed by atoms with van der Waals surface area (Å²) in [5, 5.41) is 10.7. The van der Waals surface area contributed by atoms with Crippen molar-refractivity contribution >= 4 is 16.7 Å². The summed E-state index contributed by atoms with van der Waals surface area (Å²) in [5.74, 6) is -0.499. The monoisotopic (exact) mass is 476 g/mol. The summed E-state index contributed by atoms with van der Waals surface area (Å²) in [6.45, 7) is 4.39. The van der Waals surface area contributed by atoms with E-state index in [1.165, 1.54) is 13.0 Å². The van der Waals surface area contributed by atoms with Gasteiger partial charge >= 0.3 is 0 Å². The Bertz CT molecular complexity index is 995. The molecule has 0 spiro atoms. The lowest BCUT2D eigenvalue weighted by Gasteiger charge is -2.54. The van der Waals surface area contributed by atoms with Gasteiger partial charge in [0, 0.05) is 38.2 Å². The molecule has 0 aliphatic carbocycles. The molecule has 2 aromatic rings. The van der Waals surface area contributed by atoms with E-state index in [9.17, 15) is 19.0 Å². The van der Waals surface area contributed by atoms with Gasteiger partial charge in [-0.25, -0.2) is 4.39 Å². The number of nitrogens with zero attached hydrogens (tertiary/aromatic N) is 2. The lowest BCUT2D eigenvalue weighted by Crippen LogP contribution is -2.44. The van der Waals surface area contributed by atoms with Gasteiger partial charge in [-0.2, -0.15) is 4.31 Å². The Labute approximate surface area is 196 Å². The van der Waals surface area contributed by atoms with E-state index in [2.05, 4.69) is 0 Å². The summed E-state index contributed by atoms with van der Waals surface area (Å²) in [4.78, 5) is 13.3. The van der Waals surface area contributed by atoms with Crippen LogP contribution in [0.5, 0.6) is 0 Å². The minimum atomic E-state index is -3.16. The van der Waals surface area contributed by atoms with Crippen molar-refractivity contribution in [3.05, 3.63) is 71.0 Å². The second-order valence-electron chi connectivity index (χ2n) is 9.31. The zero-order valence-electron chi connectivity index (χ0n) is 19.2. The van der Waals surface area contributed by atoms with Gasteiger partial charge in [0.25, 0.3) is 0 Å². The maximum absolute atomic E-state index is 15.2. The van der Waals surface area contributed by atoms with Crippen LogP contribution in [-0.4, -0.2) is 48.5 Å². The molecule has 2 aliphatic heterocycles. The van der Waals surface area contributed by atoms with Crippen molar-refractivity contribution in [2.45, 2.75) is 63.0 Å². The molecule has 0 bridgehead atoms. The van der Waals surface area contributed by atoms with Crippen LogP contribution in [0.4, 0.5) is 4.39 Å². The van der Waals surface area contributed by atoms with E-state index in [4.69, 9.17) is 0 Å². The summed E-state index contributed by atoms with van der Waals surface area (Å²) in [7, 11) is -3.16. The average Bonchev–Trinajstić information content (AvgIpc) is 2.78. The highest BCUT2D eigenvalue weighted by molar-refractivity contribution is 8.22. The first kappa shape index (κ1) is 24.2. The molecule has 2 atom stereocenters. The average molecular weight is 477 g/mol. The highest BCUT2D eigenvalue weighted by atomic mass is 32.3. The highest BCUT2D eigenvalue weighted by Gasteiger charge is 2.41. The quantitative estimate of drug-likeness (QED) is 0.575. The molecule has 2 saturated heterocycles. The topological polar surface area (TPSA) is 84.2 Å². The number of benzene rings is 2. The first-order valence-electron chi connectivity index (χ1n) is 11.5. The van der Waals surface area contributed by atoms with Crippen molar-refractivity contribution in [3.63, 3.8) is 0 Å². The first-order chi connectivity index (χ1) is 15.6. The van der Waals surface area contributed by atoms with Gasteiger partial charge < -0.3 is 10.0 Å². The van der Waals surface area contributed by atoms with Crippen molar-refractivity contribution in [2.24, 2.45) is 0 Å². The Balaban J connectivity index is 1.53.